The fourth-order valence-electron chi connectivity index (χ4n) is 3.19. The standard InChI is InChI=1S/C22H25N3O3S/c1-14-5-6-17(15(2)11-14)12-21(27)24-22-25(9-10-28-4)19-8-7-18(23-16(3)26)13-20(19)29-22/h5-8,11,13H,9-10,12H2,1-4H3,(H,23,26). The fourth-order valence-corrected chi connectivity index (χ4v) is 4.30. The maximum Gasteiger partial charge on any atom is 0.252 e. The summed E-state index contributed by atoms with van der Waals surface area (Å²) in [5, 5.41) is 2.79. The van der Waals surface area contributed by atoms with Crippen LogP contribution in [-0.4, -0.2) is 30.1 Å². The highest BCUT2D eigenvalue weighted by Gasteiger charge is 2.11. The predicted molar refractivity (Wildman–Crippen MR) is 116 cm³/mol. The second-order valence-electron chi connectivity index (χ2n) is 7.01. The number of thiazole rings is 1. The maximum atomic E-state index is 12.7. The van der Waals surface area contributed by atoms with Crippen LogP contribution < -0.4 is 10.1 Å². The number of carbonyl (C=O) groups is 2. The number of aromatic nitrogens is 1. The zero-order chi connectivity index (χ0) is 21.0. The molecule has 0 saturated carbocycles. The van der Waals surface area contributed by atoms with E-state index in [9.17, 15) is 9.59 Å². The minimum absolute atomic E-state index is 0.123. The van der Waals surface area contributed by atoms with Gasteiger partial charge in [-0.2, -0.15) is 4.99 Å². The monoisotopic (exact) mass is 411 g/mol. The molecule has 2 aromatic carbocycles. The lowest BCUT2D eigenvalue weighted by Gasteiger charge is -2.06. The van der Waals surface area contributed by atoms with E-state index in [1.165, 1.54) is 23.8 Å². The van der Waals surface area contributed by atoms with Crippen molar-refractivity contribution >= 4 is 39.1 Å². The van der Waals surface area contributed by atoms with Crippen LogP contribution >= 0.6 is 11.3 Å². The van der Waals surface area contributed by atoms with Gasteiger partial charge in [-0.15, -0.1) is 0 Å². The van der Waals surface area contributed by atoms with Crippen LogP contribution in [0.25, 0.3) is 10.2 Å². The first-order valence-electron chi connectivity index (χ1n) is 9.41. The number of hydrogen-bond donors (Lipinski definition) is 1. The van der Waals surface area contributed by atoms with Crippen molar-refractivity contribution < 1.29 is 14.3 Å². The Balaban J connectivity index is 1.98. The van der Waals surface area contributed by atoms with Gasteiger partial charge < -0.3 is 14.6 Å². The number of carbonyl (C=O) groups excluding carboxylic acids is 2. The van der Waals surface area contributed by atoms with Gasteiger partial charge in [0.05, 0.1) is 23.2 Å². The van der Waals surface area contributed by atoms with Gasteiger partial charge in [0.2, 0.25) is 5.91 Å². The Hall–Kier alpha value is -2.77. The Kier molecular flexibility index (Phi) is 6.61. The second kappa shape index (κ2) is 9.15. The number of amides is 2. The topological polar surface area (TPSA) is 72.7 Å². The summed E-state index contributed by atoms with van der Waals surface area (Å²) in [6.45, 7) is 6.62. The van der Waals surface area contributed by atoms with E-state index in [1.54, 1.807) is 7.11 Å². The molecular formula is C22H25N3O3S. The third kappa shape index (κ3) is 5.19. The zero-order valence-electron chi connectivity index (χ0n) is 17.1. The average molecular weight is 412 g/mol. The molecule has 7 heteroatoms. The minimum Gasteiger partial charge on any atom is -0.383 e. The van der Waals surface area contributed by atoms with Crippen molar-refractivity contribution in [3.05, 3.63) is 57.9 Å². The highest BCUT2D eigenvalue weighted by Crippen LogP contribution is 2.22. The van der Waals surface area contributed by atoms with Crippen LogP contribution in [0.4, 0.5) is 5.69 Å². The number of aryl methyl sites for hydroxylation is 2. The van der Waals surface area contributed by atoms with Crippen molar-refractivity contribution in [3.63, 3.8) is 0 Å². The van der Waals surface area contributed by atoms with Gasteiger partial charge in [-0.05, 0) is 43.2 Å². The number of anilines is 1. The number of nitrogens with one attached hydrogen (secondary N) is 1. The summed E-state index contributed by atoms with van der Waals surface area (Å²) in [5.41, 5.74) is 4.93. The Morgan fingerprint density at radius 2 is 1.97 bits per heavy atom. The van der Waals surface area contributed by atoms with Crippen LogP contribution in [0.2, 0.25) is 0 Å². The Morgan fingerprint density at radius 1 is 1.17 bits per heavy atom. The molecule has 0 aliphatic rings. The molecular weight excluding hydrogens is 386 g/mol. The minimum atomic E-state index is -0.184. The van der Waals surface area contributed by atoms with E-state index in [0.717, 1.165) is 27.0 Å². The smallest absolute Gasteiger partial charge is 0.252 e. The largest absolute Gasteiger partial charge is 0.383 e. The van der Waals surface area contributed by atoms with Gasteiger partial charge in [0.1, 0.15) is 0 Å². The van der Waals surface area contributed by atoms with Crippen LogP contribution in [0.3, 0.4) is 0 Å². The number of ether oxygens (including phenoxy) is 1. The highest BCUT2D eigenvalue weighted by atomic mass is 32.1. The van der Waals surface area contributed by atoms with Crippen molar-refractivity contribution in [3.8, 4) is 0 Å². The van der Waals surface area contributed by atoms with Gasteiger partial charge in [0.15, 0.2) is 4.80 Å². The van der Waals surface area contributed by atoms with E-state index in [0.29, 0.717) is 18.0 Å². The molecule has 0 atom stereocenters. The van der Waals surface area contributed by atoms with Gasteiger partial charge in [-0.25, -0.2) is 0 Å². The first-order chi connectivity index (χ1) is 13.9. The molecule has 0 aliphatic carbocycles. The quantitative estimate of drug-likeness (QED) is 0.674. The highest BCUT2D eigenvalue weighted by molar-refractivity contribution is 7.16. The molecule has 29 heavy (non-hydrogen) atoms. The van der Waals surface area contributed by atoms with E-state index in [-0.39, 0.29) is 18.2 Å². The molecule has 0 unspecified atom stereocenters. The molecule has 0 bridgehead atoms. The Bertz CT molecular complexity index is 1130. The van der Waals surface area contributed by atoms with E-state index < -0.39 is 0 Å². The van der Waals surface area contributed by atoms with Gasteiger partial charge in [0.25, 0.3) is 5.91 Å². The molecule has 1 heterocycles. The lowest BCUT2D eigenvalue weighted by molar-refractivity contribution is -0.117. The molecule has 1 aromatic heterocycles. The van der Waals surface area contributed by atoms with Gasteiger partial charge in [-0.3, -0.25) is 9.59 Å². The normalized spacial score (nSPS) is 11.8. The van der Waals surface area contributed by atoms with Crippen LogP contribution in [0.15, 0.2) is 41.4 Å². The molecule has 2 amide bonds. The van der Waals surface area contributed by atoms with Gasteiger partial charge in [-0.1, -0.05) is 35.1 Å². The Morgan fingerprint density at radius 3 is 2.66 bits per heavy atom. The third-order valence-corrected chi connectivity index (χ3v) is 5.62. The first-order valence-corrected chi connectivity index (χ1v) is 10.2. The number of fused-ring (bicyclic) bond motifs is 1. The molecule has 3 rings (SSSR count). The predicted octanol–water partition coefficient (Wildman–Crippen LogP) is 3.59. The molecule has 0 fully saturated rings. The Labute approximate surface area is 173 Å². The summed E-state index contributed by atoms with van der Waals surface area (Å²) in [5.74, 6) is -0.307. The molecule has 0 saturated heterocycles. The molecule has 0 spiro atoms. The van der Waals surface area contributed by atoms with Crippen molar-refractivity contribution in [2.75, 3.05) is 19.0 Å². The molecule has 152 valence electrons. The fraction of sp³-hybridized carbons (Fsp3) is 0.318. The lowest BCUT2D eigenvalue weighted by Crippen LogP contribution is -2.20. The van der Waals surface area contributed by atoms with E-state index in [2.05, 4.69) is 16.4 Å². The zero-order valence-corrected chi connectivity index (χ0v) is 17.9. The van der Waals surface area contributed by atoms with Gasteiger partial charge in [0, 0.05) is 26.3 Å². The van der Waals surface area contributed by atoms with E-state index in [1.807, 2.05) is 48.7 Å². The average Bonchev–Trinajstić information content (AvgIpc) is 2.97. The number of hydrogen-bond acceptors (Lipinski definition) is 4. The van der Waals surface area contributed by atoms with Crippen LogP contribution in [0.1, 0.15) is 23.6 Å². The van der Waals surface area contributed by atoms with Crippen molar-refractivity contribution in [2.24, 2.45) is 4.99 Å². The van der Waals surface area contributed by atoms with Crippen molar-refractivity contribution in [2.45, 2.75) is 33.7 Å². The SMILES string of the molecule is COCCn1c(=NC(=O)Cc2ccc(C)cc2C)sc2cc(NC(C)=O)ccc21. The third-order valence-electron chi connectivity index (χ3n) is 4.58. The second-order valence-corrected chi connectivity index (χ2v) is 8.01. The van der Waals surface area contributed by atoms with Gasteiger partial charge >= 0.3 is 0 Å². The summed E-state index contributed by atoms with van der Waals surface area (Å²) < 4.78 is 8.16. The summed E-state index contributed by atoms with van der Waals surface area (Å²) in [6.07, 6.45) is 0.266. The van der Waals surface area contributed by atoms with Crippen LogP contribution in [-0.2, 0) is 27.3 Å². The summed E-state index contributed by atoms with van der Waals surface area (Å²) in [4.78, 5) is 29.0. The summed E-state index contributed by atoms with van der Waals surface area (Å²) in [6, 6.07) is 11.8. The van der Waals surface area contributed by atoms with E-state index >= 15 is 0 Å². The summed E-state index contributed by atoms with van der Waals surface area (Å²) >= 11 is 1.43. The first kappa shape index (κ1) is 21.0. The number of nitrogens with zero attached hydrogens (tertiary/aromatic N) is 2. The molecule has 3 aromatic rings. The molecule has 6 nitrogen and oxygen atoms in total. The molecule has 1 N–H and O–H groups in total. The van der Waals surface area contributed by atoms with Crippen LogP contribution in [0, 0.1) is 13.8 Å². The number of benzene rings is 2. The van der Waals surface area contributed by atoms with Crippen molar-refractivity contribution in [1.29, 1.82) is 0 Å². The van der Waals surface area contributed by atoms with Crippen LogP contribution in [0.5, 0.6) is 0 Å². The number of rotatable bonds is 6. The summed E-state index contributed by atoms with van der Waals surface area (Å²) in [7, 11) is 1.64. The number of methoxy groups -OCH3 is 1. The van der Waals surface area contributed by atoms with Crippen molar-refractivity contribution in [1.82, 2.24) is 4.57 Å². The lowest BCUT2D eigenvalue weighted by atomic mass is 10.0. The maximum absolute atomic E-state index is 12.7. The molecule has 0 aliphatic heterocycles. The molecule has 0 radical (unpaired) electrons. The van der Waals surface area contributed by atoms with E-state index in [4.69, 9.17) is 4.74 Å².